The number of phosphoric ester groups is 1. The summed E-state index contributed by atoms with van der Waals surface area (Å²) in [4.78, 5) is 215. The summed E-state index contributed by atoms with van der Waals surface area (Å²) in [5.41, 5.74) is 22.3. The standard InChI is InChI=1S/C51H76N13O22P/c1-25(2)21-34(51(81)82)62-46(76)33(23-39(55)67)61-43(73)29(14-18-42(71)72)57-40(68)24-56-47(77)35-5-3-20-64(35)50(80)31(13-16-38(54)66)59-45(75)32(22-26-7-9-27(10-8-26)86-87(83,84)85)60-44(74)30(12-15-37(53)65)58-48(78)36-6-4-19-63(36)49(79)28(52)11-17-41(69)70/h7-10,25,28-36H,3-6,11-24,52H2,1-2H3,(H2,53,65)(H2,54,66)(H2,55,67)(H,56,77)(H,57,68)(H,58,78)(H,59,75)(H,60,74)(H,61,73)(H,62,76)(H,69,70)(H,71,72)(H,81,82)(H2,83,84,85)/t28-,29-,30-,31-,32-,33-,34-,35-,36-/m0/s1. The fourth-order valence-corrected chi connectivity index (χ4v) is 9.71. The summed E-state index contributed by atoms with van der Waals surface area (Å²) in [7, 11) is -5.04. The number of hydrogen-bond donors (Lipinski definition) is 16. The Hall–Kier alpha value is -8.82. The third-order valence-corrected chi connectivity index (χ3v) is 14.0. The van der Waals surface area contributed by atoms with Crippen molar-refractivity contribution in [1.29, 1.82) is 0 Å². The number of nitrogens with two attached hydrogens (primary N) is 4. The van der Waals surface area contributed by atoms with E-state index in [1.807, 2.05) is 0 Å². The predicted octanol–water partition coefficient (Wildman–Crippen LogP) is -5.70. The highest BCUT2D eigenvalue weighted by Crippen LogP contribution is 2.37. The van der Waals surface area contributed by atoms with Gasteiger partial charge in [0, 0.05) is 45.2 Å². The van der Waals surface area contributed by atoms with Crippen LogP contribution in [0.1, 0.15) is 109 Å². The Bertz CT molecular complexity index is 2780. The van der Waals surface area contributed by atoms with E-state index in [0.29, 0.717) is 6.42 Å². The number of primary amides is 3. The molecule has 12 amide bonds. The third-order valence-electron chi connectivity index (χ3n) is 13.6. The van der Waals surface area contributed by atoms with Gasteiger partial charge in [0.05, 0.1) is 19.0 Å². The van der Waals surface area contributed by atoms with Crippen LogP contribution in [-0.2, 0) is 82.9 Å². The number of nitrogens with zero attached hydrogens (tertiary/aromatic N) is 2. The van der Waals surface area contributed by atoms with E-state index in [2.05, 4.69) is 41.7 Å². The van der Waals surface area contributed by atoms with Gasteiger partial charge in [-0.2, -0.15) is 0 Å². The number of benzene rings is 1. The molecule has 0 unspecified atom stereocenters. The normalized spacial score (nSPS) is 17.1. The van der Waals surface area contributed by atoms with Crippen molar-refractivity contribution >= 4 is 96.6 Å². The van der Waals surface area contributed by atoms with Gasteiger partial charge in [-0.05, 0) is 81.4 Å². The molecule has 1 aromatic rings. The highest BCUT2D eigenvalue weighted by atomic mass is 31.2. The Labute approximate surface area is 497 Å². The summed E-state index contributed by atoms with van der Waals surface area (Å²) in [6.45, 7) is 2.33. The second kappa shape index (κ2) is 34.4. The lowest BCUT2D eigenvalue weighted by Crippen LogP contribution is -2.60. The summed E-state index contributed by atoms with van der Waals surface area (Å²) in [5.74, 6) is -16.8. The highest BCUT2D eigenvalue weighted by molar-refractivity contribution is 7.46. The summed E-state index contributed by atoms with van der Waals surface area (Å²) >= 11 is 0. The van der Waals surface area contributed by atoms with Crippen molar-refractivity contribution in [2.75, 3.05) is 19.6 Å². The molecule has 2 fully saturated rings. The average molecular weight is 1250 g/mol. The Morgan fingerprint density at radius 3 is 1.55 bits per heavy atom. The molecule has 2 aliphatic heterocycles. The molecule has 9 atom stereocenters. The van der Waals surface area contributed by atoms with Gasteiger partial charge in [0.2, 0.25) is 70.9 Å². The zero-order valence-electron chi connectivity index (χ0n) is 47.6. The molecule has 0 aliphatic carbocycles. The van der Waals surface area contributed by atoms with Crippen LogP contribution in [0.3, 0.4) is 0 Å². The van der Waals surface area contributed by atoms with Crippen LogP contribution in [0.2, 0.25) is 0 Å². The number of amides is 12. The summed E-state index contributed by atoms with van der Waals surface area (Å²) in [6, 6.07) is -9.23. The van der Waals surface area contributed by atoms with Gasteiger partial charge in [-0.1, -0.05) is 26.0 Å². The van der Waals surface area contributed by atoms with Crippen LogP contribution >= 0.6 is 7.82 Å². The van der Waals surface area contributed by atoms with Crippen LogP contribution in [0.4, 0.5) is 0 Å². The van der Waals surface area contributed by atoms with E-state index in [4.69, 9.17) is 28.0 Å². The van der Waals surface area contributed by atoms with Crippen molar-refractivity contribution in [1.82, 2.24) is 47.0 Å². The van der Waals surface area contributed by atoms with Gasteiger partial charge >= 0.3 is 25.7 Å². The second-order valence-electron chi connectivity index (χ2n) is 21.1. The first-order chi connectivity index (χ1) is 40.6. The van der Waals surface area contributed by atoms with Gasteiger partial charge in [0.15, 0.2) is 0 Å². The van der Waals surface area contributed by atoms with Gasteiger partial charge in [0.25, 0.3) is 0 Å². The molecule has 20 N–H and O–H groups in total. The van der Waals surface area contributed by atoms with E-state index in [9.17, 15) is 96.5 Å². The minimum Gasteiger partial charge on any atom is -0.481 e. The number of aliphatic carboxylic acids is 3. The Balaban J connectivity index is 1.90. The summed E-state index contributed by atoms with van der Waals surface area (Å²) < 4.78 is 16.1. The molecule has 35 nitrogen and oxygen atoms in total. The first-order valence-electron chi connectivity index (χ1n) is 27.5. The van der Waals surface area contributed by atoms with Crippen molar-refractivity contribution < 1.29 is 106 Å². The Morgan fingerprint density at radius 2 is 1.03 bits per heavy atom. The molecule has 3 rings (SSSR count). The van der Waals surface area contributed by atoms with Gasteiger partial charge in [0.1, 0.15) is 54.1 Å². The number of hydrogen-bond acceptors (Lipinski definition) is 18. The second-order valence-corrected chi connectivity index (χ2v) is 22.2. The number of carbonyl (C=O) groups excluding carboxylic acids is 12. The van der Waals surface area contributed by atoms with Gasteiger partial charge in [-0.15, -0.1) is 0 Å². The molecule has 2 aliphatic rings. The monoisotopic (exact) mass is 1250 g/mol. The van der Waals surface area contributed by atoms with E-state index in [1.165, 1.54) is 12.1 Å². The maximum atomic E-state index is 14.5. The molecule has 0 bridgehead atoms. The van der Waals surface area contributed by atoms with Gasteiger partial charge < -0.3 is 89.8 Å². The average Bonchev–Trinajstić information content (AvgIpc) is 4.24. The molecule has 87 heavy (non-hydrogen) atoms. The fourth-order valence-electron chi connectivity index (χ4n) is 9.32. The molecule has 1 aromatic carbocycles. The zero-order chi connectivity index (χ0) is 65.5. The van der Waals surface area contributed by atoms with Crippen molar-refractivity contribution in [3.63, 3.8) is 0 Å². The molecule has 482 valence electrons. The number of phosphoric acid groups is 1. The number of likely N-dealkylation sites (tertiary alicyclic amines) is 2. The summed E-state index contributed by atoms with van der Waals surface area (Å²) in [6.07, 6.45) is -4.92. The lowest BCUT2D eigenvalue weighted by atomic mass is 10.0. The van der Waals surface area contributed by atoms with E-state index in [-0.39, 0.29) is 62.4 Å². The molecule has 0 spiro atoms. The van der Waals surface area contributed by atoms with E-state index in [1.54, 1.807) is 13.8 Å². The van der Waals surface area contributed by atoms with Crippen LogP contribution < -0.4 is 64.7 Å². The molecular weight excluding hydrogens is 1180 g/mol. The molecule has 0 saturated carbocycles. The molecule has 36 heteroatoms. The molecule has 2 saturated heterocycles. The molecular formula is C51H76N13O22P. The largest absolute Gasteiger partial charge is 0.524 e. The van der Waals surface area contributed by atoms with Gasteiger partial charge in [-0.3, -0.25) is 76.9 Å². The number of carboxylic acids is 3. The number of carboxylic acid groups (broad SMARTS) is 3. The van der Waals surface area contributed by atoms with Crippen LogP contribution in [0.5, 0.6) is 5.75 Å². The molecule has 2 heterocycles. The topological polar surface area (TPSA) is 578 Å². The minimum absolute atomic E-state index is 0.0360. The maximum absolute atomic E-state index is 14.5. The quantitative estimate of drug-likeness (QED) is 0.0276. The van der Waals surface area contributed by atoms with Crippen LogP contribution in [0, 0.1) is 5.92 Å². The van der Waals surface area contributed by atoms with Crippen molar-refractivity contribution in [2.45, 2.75) is 165 Å². The first-order valence-corrected chi connectivity index (χ1v) is 29.0. The van der Waals surface area contributed by atoms with Crippen molar-refractivity contribution in [3.8, 4) is 5.75 Å². The Kier molecular flexibility index (Phi) is 28.6. The number of rotatable bonds is 37. The summed E-state index contributed by atoms with van der Waals surface area (Å²) in [5, 5.41) is 44.4. The number of nitrogens with one attached hydrogen (secondary N) is 7. The highest BCUT2D eigenvalue weighted by Gasteiger charge is 2.41. The minimum atomic E-state index is -5.04. The smallest absolute Gasteiger partial charge is 0.481 e. The Morgan fingerprint density at radius 1 is 0.575 bits per heavy atom. The van der Waals surface area contributed by atoms with Crippen LogP contribution in [-0.4, -0.2) is 198 Å². The van der Waals surface area contributed by atoms with E-state index >= 15 is 0 Å². The van der Waals surface area contributed by atoms with Crippen molar-refractivity contribution in [2.24, 2.45) is 28.9 Å². The first kappa shape index (κ1) is 72.4. The van der Waals surface area contributed by atoms with E-state index in [0.717, 1.165) is 21.9 Å². The SMILES string of the molecule is CC(C)C[C@H](NC(=O)[C@H](CC(N)=O)NC(=O)[C@H](CCC(=O)O)NC(=O)CNC(=O)[C@@H]1CCCN1C(=O)[C@H](CCC(N)=O)NC(=O)[C@H](Cc1ccc(OP(=O)(O)O)cc1)NC(=O)[C@H](CCC(N)=O)NC(=O)[C@@H]1CCCN1C(=O)[C@@H](N)CCC(=O)O)C(=O)O. The van der Waals surface area contributed by atoms with Crippen LogP contribution in [0.15, 0.2) is 24.3 Å². The third kappa shape index (κ3) is 25.3. The lowest BCUT2D eigenvalue weighted by molar-refractivity contribution is -0.143. The maximum Gasteiger partial charge on any atom is 0.524 e. The fraction of sp³-hybridized carbons (Fsp3) is 0.588. The zero-order valence-corrected chi connectivity index (χ0v) is 48.5. The van der Waals surface area contributed by atoms with E-state index < -0.39 is 215 Å². The molecule has 0 radical (unpaired) electrons. The predicted molar refractivity (Wildman–Crippen MR) is 296 cm³/mol. The lowest BCUT2D eigenvalue weighted by Gasteiger charge is -2.30. The number of carbonyl (C=O) groups is 15. The van der Waals surface area contributed by atoms with Crippen LogP contribution in [0.25, 0.3) is 0 Å². The molecule has 0 aromatic heterocycles. The van der Waals surface area contributed by atoms with Gasteiger partial charge in [-0.25, -0.2) is 9.36 Å². The van der Waals surface area contributed by atoms with Crippen molar-refractivity contribution in [3.05, 3.63) is 29.8 Å².